The van der Waals surface area contributed by atoms with Crippen LogP contribution in [0.4, 0.5) is 0 Å². The largest absolute Gasteiger partial charge is 0.329 e. The molecule has 2 unspecified atom stereocenters. The molecular formula is C11H21NS. The fourth-order valence-electron chi connectivity index (χ4n) is 2.62. The predicted molar refractivity (Wildman–Crippen MR) is 60.0 cm³/mol. The summed E-state index contributed by atoms with van der Waals surface area (Å²) in [7, 11) is 0. The summed E-state index contributed by atoms with van der Waals surface area (Å²) in [5.74, 6) is 0.864. The highest BCUT2D eigenvalue weighted by molar-refractivity contribution is 8.01. The van der Waals surface area contributed by atoms with Crippen LogP contribution in [0.5, 0.6) is 0 Å². The summed E-state index contributed by atoms with van der Waals surface area (Å²) in [5.41, 5.74) is 5.92. The Balaban J connectivity index is 1.90. The third-order valence-corrected chi connectivity index (χ3v) is 6.00. The maximum absolute atomic E-state index is 5.92. The van der Waals surface area contributed by atoms with Crippen LogP contribution in [0.2, 0.25) is 0 Å². The van der Waals surface area contributed by atoms with Gasteiger partial charge in [0.25, 0.3) is 0 Å². The van der Waals surface area contributed by atoms with Gasteiger partial charge < -0.3 is 5.73 Å². The molecule has 0 radical (unpaired) electrons. The van der Waals surface area contributed by atoms with Crippen molar-refractivity contribution in [1.82, 2.24) is 0 Å². The van der Waals surface area contributed by atoms with Crippen molar-refractivity contribution in [2.75, 3.05) is 6.54 Å². The molecule has 2 aliphatic carbocycles. The first-order valence-electron chi connectivity index (χ1n) is 5.65. The molecule has 2 N–H and O–H groups in total. The molecule has 1 nitrogen and oxygen atoms in total. The maximum Gasteiger partial charge on any atom is 0.0310 e. The number of thioether (sulfide) groups is 1. The summed E-state index contributed by atoms with van der Waals surface area (Å²) >= 11 is 2.22. The van der Waals surface area contributed by atoms with Gasteiger partial charge in [-0.05, 0) is 31.6 Å². The number of hydrogen-bond acceptors (Lipinski definition) is 2. The van der Waals surface area contributed by atoms with Crippen molar-refractivity contribution in [3.05, 3.63) is 0 Å². The molecule has 2 aliphatic rings. The first-order valence-corrected chi connectivity index (χ1v) is 6.53. The highest BCUT2D eigenvalue weighted by Crippen LogP contribution is 2.52. The standard InChI is InChI=1S/C11H21NS/c1-9-6-7-11(9,8-12)13-10-4-2-3-5-10/h9-10H,2-8,12H2,1H3. The zero-order valence-electron chi connectivity index (χ0n) is 8.59. The molecule has 0 saturated heterocycles. The second-order valence-corrected chi connectivity index (χ2v) is 6.45. The van der Waals surface area contributed by atoms with Crippen molar-refractivity contribution in [3.8, 4) is 0 Å². The van der Waals surface area contributed by atoms with Crippen LogP contribution in [0.25, 0.3) is 0 Å². The summed E-state index contributed by atoms with van der Waals surface area (Å²) in [6.07, 6.45) is 8.56. The SMILES string of the molecule is CC1CCC1(CN)SC1CCCC1. The van der Waals surface area contributed by atoms with E-state index in [0.717, 1.165) is 17.7 Å². The van der Waals surface area contributed by atoms with Crippen molar-refractivity contribution in [3.63, 3.8) is 0 Å². The van der Waals surface area contributed by atoms with Crippen molar-refractivity contribution in [2.24, 2.45) is 11.7 Å². The van der Waals surface area contributed by atoms with Crippen LogP contribution in [-0.2, 0) is 0 Å². The van der Waals surface area contributed by atoms with Gasteiger partial charge in [0.2, 0.25) is 0 Å². The van der Waals surface area contributed by atoms with Crippen LogP contribution in [0.1, 0.15) is 45.4 Å². The lowest BCUT2D eigenvalue weighted by Gasteiger charge is -2.48. The van der Waals surface area contributed by atoms with Crippen LogP contribution >= 0.6 is 11.8 Å². The molecular weight excluding hydrogens is 178 g/mol. The Labute approximate surface area is 85.8 Å². The maximum atomic E-state index is 5.92. The normalized spacial score (nSPS) is 40.6. The van der Waals surface area contributed by atoms with Crippen LogP contribution in [0.15, 0.2) is 0 Å². The second-order valence-electron chi connectivity index (χ2n) is 4.73. The highest BCUT2D eigenvalue weighted by atomic mass is 32.2. The third kappa shape index (κ3) is 1.75. The molecule has 2 atom stereocenters. The van der Waals surface area contributed by atoms with Gasteiger partial charge in [0.15, 0.2) is 0 Å². The zero-order chi connectivity index (χ0) is 9.31. The Hall–Kier alpha value is 0.310. The van der Waals surface area contributed by atoms with Gasteiger partial charge >= 0.3 is 0 Å². The molecule has 2 rings (SSSR count). The Morgan fingerprint density at radius 2 is 2.00 bits per heavy atom. The molecule has 0 spiro atoms. The van der Waals surface area contributed by atoms with E-state index in [2.05, 4.69) is 18.7 Å². The van der Waals surface area contributed by atoms with Gasteiger partial charge in [0.1, 0.15) is 0 Å². The molecule has 76 valence electrons. The number of nitrogens with two attached hydrogens (primary N) is 1. The summed E-state index contributed by atoms with van der Waals surface area (Å²) in [6.45, 7) is 3.27. The predicted octanol–water partition coefficient (Wildman–Crippen LogP) is 2.79. The zero-order valence-corrected chi connectivity index (χ0v) is 9.41. The molecule has 0 heterocycles. The van der Waals surface area contributed by atoms with Gasteiger partial charge in [-0.2, -0.15) is 11.8 Å². The molecule has 0 bridgehead atoms. The van der Waals surface area contributed by atoms with E-state index in [0.29, 0.717) is 4.75 Å². The van der Waals surface area contributed by atoms with Gasteiger partial charge in [-0.25, -0.2) is 0 Å². The van der Waals surface area contributed by atoms with Crippen LogP contribution in [0, 0.1) is 5.92 Å². The minimum atomic E-state index is 0.481. The van der Waals surface area contributed by atoms with E-state index in [1.807, 2.05) is 0 Å². The van der Waals surface area contributed by atoms with Crippen molar-refractivity contribution in [1.29, 1.82) is 0 Å². The lowest BCUT2D eigenvalue weighted by Crippen LogP contribution is -2.49. The fourth-order valence-corrected chi connectivity index (χ4v) is 4.53. The minimum Gasteiger partial charge on any atom is -0.329 e. The molecule has 2 heteroatoms. The van der Waals surface area contributed by atoms with Gasteiger partial charge in [0, 0.05) is 16.5 Å². The van der Waals surface area contributed by atoms with E-state index in [1.54, 1.807) is 0 Å². The van der Waals surface area contributed by atoms with Gasteiger partial charge in [-0.1, -0.05) is 19.8 Å². The Kier molecular flexibility index (Phi) is 2.89. The molecule has 0 aromatic heterocycles. The third-order valence-electron chi connectivity index (χ3n) is 3.95. The van der Waals surface area contributed by atoms with E-state index in [4.69, 9.17) is 5.73 Å². The number of rotatable bonds is 3. The van der Waals surface area contributed by atoms with Crippen LogP contribution in [0.3, 0.4) is 0 Å². The molecule has 2 saturated carbocycles. The second kappa shape index (κ2) is 3.82. The molecule has 2 fully saturated rings. The van der Waals surface area contributed by atoms with E-state index >= 15 is 0 Å². The molecule has 13 heavy (non-hydrogen) atoms. The summed E-state index contributed by atoms with van der Waals surface area (Å²) < 4.78 is 0.481. The quantitative estimate of drug-likeness (QED) is 0.756. The molecule has 0 amide bonds. The molecule has 0 aromatic rings. The Bertz CT molecular complexity index is 173. The summed E-state index contributed by atoms with van der Waals surface area (Å²) in [5, 5.41) is 0.936. The van der Waals surface area contributed by atoms with E-state index in [1.165, 1.54) is 38.5 Å². The molecule has 0 aliphatic heterocycles. The van der Waals surface area contributed by atoms with Gasteiger partial charge in [-0.15, -0.1) is 0 Å². The van der Waals surface area contributed by atoms with Crippen LogP contribution < -0.4 is 5.73 Å². The number of hydrogen-bond donors (Lipinski definition) is 1. The fraction of sp³-hybridized carbons (Fsp3) is 1.00. The lowest BCUT2D eigenvalue weighted by molar-refractivity contribution is 0.244. The van der Waals surface area contributed by atoms with E-state index in [9.17, 15) is 0 Å². The molecule has 0 aromatic carbocycles. The lowest BCUT2D eigenvalue weighted by atomic mass is 9.74. The topological polar surface area (TPSA) is 26.0 Å². The van der Waals surface area contributed by atoms with Gasteiger partial charge in [-0.3, -0.25) is 0 Å². The average Bonchev–Trinajstić information content (AvgIpc) is 2.64. The van der Waals surface area contributed by atoms with E-state index in [-0.39, 0.29) is 0 Å². The van der Waals surface area contributed by atoms with Crippen molar-refractivity contribution in [2.45, 2.75) is 55.4 Å². The summed E-state index contributed by atoms with van der Waals surface area (Å²) in [6, 6.07) is 0. The smallest absolute Gasteiger partial charge is 0.0310 e. The van der Waals surface area contributed by atoms with Crippen LogP contribution in [-0.4, -0.2) is 16.5 Å². The Morgan fingerprint density at radius 3 is 2.38 bits per heavy atom. The van der Waals surface area contributed by atoms with E-state index < -0.39 is 0 Å². The average molecular weight is 199 g/mol. The Morgan fingerprint density at radius 1 is 1.31 bits per heavy atom. The van der Waals surface area contributed by atoms with Crippen molar-refractivity contribution < 1.29 is 0 Å². The van der Waals surface area contributed by atoms with Crippen molar-refractivity contribution >= 4 is 11.8 Å². The highest BCUT2D eigenvalue weighted by Gasteiger charge is 2.45. The monoisotopic (exact) mass is 199 g/mol. The minimum absolute atomic E-state index is 0.481. The summed E-state index contributed by atoms with van der Waals surface area (Å²) in [4.78, 5) is 0. The first-order chi connectivity index (χ1) is 6.27. The first kappa shape index (κ1) is 9.85. The van der Waals surface area contributed by atoms with Gasteiger partial charge in [0.05, 0.1) is 0 Å².